The molecule has 0 aliphatic rings. The molecule has 0 fully saturated rings. The highest BCUT2D eigenvalue weighted by atomic mass is 35.5. The van der Waals surface area contributed by atoms with Gasteiger partial charge in [0, 0.05) is 12.3 Å². The Bertz CT molecular complexity index is 339. The molecule has 13 heavy (non-hydrogen) atoms. The molecule has 0 amide bonds. The van der Waals surface area contributed by atoms with Crippen molar-refractivity contribution in [3.05, 3.63) is 34.5 Å². The van der Waals surface area contributed by atoms with Gasteiger partial charge in [-0.1, -0.05) is 0 Å². The van der Waals surface area contributed by atoms with Crippen LogP contribution in [0.2, 0.25) is 0 Å². The predicted octanol–water partition coefficient (Wildman–Crippen LogP) is 0.587. The van der Waals surface area contributed by atoms with Crippen LogP contribution < -0.4 is 5.56 Å². The van der Waals surface area contributed by atoms with E-state index in [9.17, 15) is 9.18 Å². The van der Waals surface area contributed by atoms with Gasteiger partial charge in [0.2, 0.25) is 0 Å². The molecule has 1 atom stereocenters. The van der Waals surface area contributed by atoms with Crippen molar-refractivity contribution in [3.63, 3.8) is 0 Å². The van der Waals surface area contributed by atoms with E-state index in [-0.39, 0.29) is 18.0 Å². The molecule has 1 aromatic rings. The van der Waals surface area contributed by atoms with Crippen molar-refractivity contribution in [2.75, 3.05) is 5.88 Å². The van der Waals surface area contributed by atoms with Gasteiger partial charge in [0.1, 0.15) is 5.82 Å². The second-order valence-corrected chi connectivity index (χ2v) is 2.95. The zero-order chi connectivity index (χ0) is 9.84. The zero-order valence-electron chi connectivity index (χ0n) is 6.78. The Hall–Kier alpha value is -0.870. The highest BCUT2D eigenvalue weighted by Gasteiger charge is 2.04. The molecule has 5 heteroatoms. The number of hydrogen-bond acceptors (Lipinski definition) is 2. The Morgan fingerprint density at radius 1 is 1.62 bits per heavy atom. The van der Waals surface area contributed by atoms with Crippen LogP contribution in [0.3, 0.4) is 0 Å². The standard InChI is InChI=1S/C8H9ClFNO2/c9-3-7(12)5-11-4-6(10)1-2-8(11)13/h1-2,4,7,12H,3,5H2. The fourth-order valence-corrected chi connectivity index (χ4v) is 1.02. The molecule has 0 saturated carbocycles. The van der Waals surface area contributed by atoms with E-state index in [2.05, 4.69) is 0 Å². The first kappa shape index (κ1) is 10.2. The largest absolute Gasteiger partial charge is 0.390 e. The Morgan fingerprint density at radius 2 is 2.31 bits per heavy atom. The normalized spacial score (nSPS) is 12.8. The molecule has 72 valence electrons. The summed E-state index contributed by atoms with van der Waals surface area (Å²) in [5.41, 5.74) is -0.356. The zero-order valence-corrected chi connectivity index (χ0v) is 7.54. The van der Waals surface area contributed by atoms with E-state index in [0.717, 1.165) is 22.9 Å². The first-order valence-corrected chi connectivity index (χ1v) is 4.27. The van der Waals surface area contributed by atoms with Crippen LogP contribution in [-0.4, -0.2) is 21.7 Å². The molecule has 0 saturated heterocycles. The third-order valence-corrected chi connectivity index (χ3v) is 1.89. The number of halogens is 2. The van der Waals surface area contributed by atoms with Crippen LogP contribution in [0.25, 0.3) is 0 Å². The van der Waals surface area contributed by atoms with Gasteiger partial charge >= 0.3 is 0 Å². The molecule has 0 aliphatic heterocycles. The van der Waals surface area contributed by atoms with E-state index in [4.69, 9.17) is 16.7 Å². The summed E-state index contributed by atoms with van der Waals surface area (Å²) in [5.74, 6) is -0.496. The third kappa shape index (κ3) is 2.82. The van der Waals surface area contributed by atoms with Gasteiger partial charge in [0.25, 0.3) is 5.56 Å². The van der Waals surface area contributed by atoms with E-state index in [0.29, 0.717) is 0 Å². The van der Waals surface area contributed by atoms with Crippen molar-refractivity contribution < 1.29 is 9.50 Å². The molecule has 0 spiro atoms. The minimum Gasteiger partial charge on any atom is -0.390 e. The van der Waals surface area contributed by atoms with Crippen molar-refractivity contribution in [2.24, 2.45) is 0 Å². The summed E-state index contributed by atoms with van der Waals surface area (Å²) in [6, 6.07) is 2.18. The lowest BCUT2D eigenvalue weighted by atomic mass is 10.4. The monoisotopic (exact) mass is 205 g/mol. The Kier molecular flexibility index (Phi) is 3.45. The van der Waals surface area contributed by atoms with E-state index in [1.54, 1.807) is 0 Å². The lowest BCUT2D eigenvalue weighted by molar-refractivity contribution is 0.175. The van der Waals surface area contributed by atoms with Gasteiger partial charge in [-0.2, -0.15) is 0 Å². The summed E-state index contributed by atoms with van der Waals surface area (Å²) in [6.45, 7) is 0.0140. The van der Waals surface area contributed by atoms with Crippen LogP contribution in [0.15, 0.2) is 23.1 Å². The maximum atomic E-state index is 12.6. The Morgan fingerprint density at radius 3 is 2.92 bits per heavy atom. The quantitative estimate of drug-likeness (QED) is 0.734. The molecule has 1 aromatic heterocycles. The second kappa shape index (κ2) is 4.39. The molecule has 0 aromatic carbocycles. The molecule has 0 aliphatic carbocycles. The summed E-state index contributed by atoms with van der Waals surface area (Å²) in [4.78, 5) is 11.1. The van der Waals surface area contributed by atoms with Gasteiger partial charge in [-0.25, -0.2) is 4.39 Å². The number of aliphatic hydroxyl groups excluding tert-OH is 1. The van der Waals surface area contributed by atoms with Crippen LogP contribution >= 0.6 is 11.6 Å². The molecule has 1 heterocycles. The maximum Gasteiger partial charge on any atom is 0.250 e. The molecule has 0 radical (unpaired) electrons. The van der Waals surface area contributed by atoms with Gasteiger partial charge in [0.15, 0.2) is 0 Å². The van der Waals surface area contributed by atoms with Crippen molar-refractivity contribution >= 4 is 11.6 Å². The Labute approximate surface area is 79.4 Å². The van der Waals surface area contributed by atoms with E-state index >= 15 is 0 Å². The minimum atomic E-state index is -0.832. The fourth-order valence-electron chi connectivity index (χ4n) is 0.921. The molecule has 0 bridgehead atoms. The number of hydrogen-bond donors (Lipinski definition) is 1. The number of pyridine rings is 1. The van der Waals surface area contributed by atoms with Crippen LogP contribution in [0.4, 0.5) is 4.39 Å². The van der Waals surface area contributed by atoms with Crippen LogP contribution in [0.1, 0.15) is 0 Å². The summed E-state index contributed by atoms with van der Waals surface area (Å²) in [6.07, 6.45) is 0.208. The Balaban J connectivity index is 2.87. The van der Waals surface area contributed by atoms with E-state index in [1.165, 1.54) is 0 Å². The number of alkyl halides is 1. The van der Waals surface area contributed by atoms with Crippen LogP contribution in [-0.2, 0) is 6.54 Å². The molecular formula is C8H9ClFNO2. The van der Waals surface area contributed by atoms with Crippen molar-refractivity contribution in [2.45, 2.75) is 12.6 Å². The molecular weight excluding hydrogens is 197 g/mol. The van der Waals surface area contributed by atoms with Crippen LogP contribution in [0.5, 0.6) is 0 Å². The van der Waals surface area contributed by atoms with Crippen molar-refractivity contribution in [1.29, 1.82) is 0 Å². The summed E-state index contributed by atoms with van der Waals surface area (Å²) in [7, 11) is 0. The second-order valence-electron chi connectivity index (χ2n) is 2.65. The number of aliphatic hydroxyl groups is 1. The predicted molar refractivity (Wildman–Crippen MR) is 47.4 cm³/mol. The highest BCUT2D eigenvalue weighted by molar-refractivity contribution is 6.18. The maximum absolute atomic E-state index is 12.6. The van der Waals surface area contributed by atoms with Gasteiger partial charge in [-0.15, -0.1) is 11.6 Å². The first-order chi connectivity index (χ1) is 6.13. The van der Waals surface area contributed by atoms with Crippen LogP contribution in [0, 0.1) is 5.82 Å². The number of rotatable bonds is 3. The topological polar surface area (TPSA) is 42.2 Å². The van der Waals surface area contributed by atoms with Gasteiger partial charge in [-0.05, 0) is 6.07 Å². The smallest absolute Gasteiger partial charge is 0.250 e. The average Bonchev–Trinajstić information content (AvgIpc) is 2.11. The lowest BCUT2D eigenvalue weighted by Gasteiger charge is -2.08. The number of aromatic nitrogens is 1. The van der Waals surface area contributed by atoms with Crippen molar-refractivity contribution in [1.82, 2.24) is 4.57 Å². The SMILES string of the molecule is O=c1ccc(F)cn1CC(O)CCl. The third-order valence-electron chi connectivity index (χ3n) is 1.53. The summed E-state index contributed by atoms with van der Waals surface area (Å²) >= 11 is 5.33. The minimum absolute atomic E-state index is 0.0140. The first-order valence-electron chi connectivity index (χ1n) is 3.73. The summed E-state index contributed by atoms with van der Waals surface area (Å²) < 4.78 is 13.7. The summed E-state index contributed by atoms with van der Waals surface area (Å²) in [5, 5.41) is 9.11. The molecule has 1 N–H and O–H groups in total. The lowest BCUT2D eigenvalue weighted by Crippen LogP contribution is -2.26. The molecule has 1 unspecified atom stereocenters. The fraction of sp³-hybridized carbons (Fsp3) is 0.375. The van der Waals surface area contributed by atoms with E-state index < -0.39 is 11.9 Å². The van der Waals surface area contributed by atoms with Gasteiger partial charge < -0.3 is 9.67 Å². The molecule has 1 rings (SSSR count). The van der Waals surface area contributed by atoms with Gasteiger partial charge in [0.05, 0.1) is 18.5 Å². The highest BCUT2D eigenvalue weighted by Crippen LogP contribution is 1.95. The van der Waals surface area contributed by atoms with E-state index in [1.807, 2.05) is 0 Å². The average molecular weight is 206 g/mol. The number of nitrogens with zero attached hydrogens (tertiary/aromatic N) is 1. The van der Waals surface area contributed by atoms with Crippen molar-refractivity contribution in [3.8, 4) is 0 Å². The molecule has 3 nitrogen and oxygen atoms in total. The van der Waals surface area contributed by atoms with Gasteiger partial charge in [-0.3, -0.25) is 4.79 Å².